The van der Waals surface area contributed by atoms with Gasteiger partial charge in [0.25, 0.3) is 11.8 Å². The predicted octanol–water partition coefficient (Wildman–Crippen LogP) is 1.97. The van der Waals surface area contributed by atoms with E-state index in [1.54, 1.807) is 23.2 Å². The van der Waals surface area contributed by atoms with E-state index in [1.165, 1.54) is 6.20 Å². The number of hydrogen-bond acceptors (Lipinski definition) is 5. The molecule has 7 heteroatoms. The normalized spacial score (nSPS) is 14.8. The summed E-state index contributed by atoms with van der Waals surface area (Å²) in [7, 11) is 0. The van der Waals surface area contributed by atoms with Gasteiger partial charge in [-0.2, -0.15) is 0 Å². The van der Waals surface area contributed by atoms with E-state index >= 15 is 0 Å². The molecule has 1 aliphatic heterocycles. The SMILES string of the molecule is CC(C)(C)NC(=O)c1cc(C(=O)N2CCN(c3ccccn3)CC2)ccn1. The number of hydrogen-bond donors (Lipinski definition) is 1. The third-order valence-corrected chi connectivity index (χ3v) is 4.27. The molecule has 2 amide bonds. The van der Waals surface area contributed by atoms with E-state index < -0.39 is 0 Å². The van der Waals surface area contributed by atoms with Crippen LogP contribution in [0.25, 0.3) is 0 Å². The quantitative estimate of drug-likeness (QED) is 0.897. The van der Waals surface area contributed by atoms with Crippen molar-refractivity contribution in [3.8, 4) is 0 Å². The van der Waals surface area contributed by atoms with Gasteiger partial charge in [-0.15, -0.1) is 0 Å². The molecule has 0 radical (unpaired) electrons. The molecule has 2 aromatic rings. The summed E-state index contributed by atoms with van der Waals surface area (Å²) in [6.45, 7) is 8.39. The standard InChI is InChI=1S/C20H25N5O2/c1-20(2,3)23-18(26)16-14-15(7-9-21-16)19(27)25-12-10-24(11-13-25)17-6-4-5-8-22-17/h4-9,14H,10-13H2,1-3H3,(H,23,26). The van der Waals surface area contributed by atoms with Gasteiger partial charge < -0.3 is 15.1 Å². The maximum Gasteiger partial charge on any atom is 0.270 e. The number of pyridine rings is 2. The molecule has 0 aromatic carbocycles. The van der Waals surface area contributed by atoms with Gasteiger partial charge in [-0.3, -0.25) is 14.6 Å². The Morgan fingerprint density at radius 3 is 2.37 bits per heavy atom. The Bertz CT molecular complexity index is 809. The molecular weight excluding hydrogens is 342 g/mol. The molecule has 27 heavy (non-hydrogen) atoms. The Morgan fingerprint density at radius 2 is 1.74 bits per heavy atom. The van der Waals surface area contributed by atoms with Crippen LogP contribution in [-0.2, 0) is 0 Å². The molecule has 1 fully saturated rings. The Morgan fingerprint density at radius 1 is 1.00 bits per heavy atom. The van der Waals surface area contributed by atoms with Gasteiger partial charge in [-0.25, -0.2) is 4.98 Å². The molecular formula is C20H25N5O2. The van der Waals surface area contributed by atoms with Gasteiger partial charge in [0, 0.05) is 49.7 Å². The van der Waals surface area contributed by atoms with Gasteiger partial charge in [0.2, 0.25) is 0 Å². The summed E-state index contributed by atoms with van der Waals surface area (Å²) in [6.07, 6.45) is 3.28. The number of anilines is 1. The fraction of sp³-hybridized carbons (Fsp3) is 0.400. The predicted molar refractivity (Wildman–Crippen MR) is 104 cm³/mol. The van der Waals surface area contributed by atoms with E-state index in [9.17, 15) is 9.59 Å². The Hall–Kier alpha value is -2.96. The second-order valence-electron chi connectivity index (χ2n) is 7.60. The molecule has 1 saturated heterocycles. The zero-order chi connectivity index (χ0) is 19.4. The van der Waals surface area contributed by atoms with Crippen LogP contribution in [0.15, 0.2) is 42.7 Å². The maximum atomic E-state index is 12.8. The lowest BCUT2D eigenvalue weighted by molar-refractivity contribution is 0.0746. The molecule has 0 atom stereocenters. The summed E-state index contributed by atoms with van der Waals surface area (Å²) < 4.78 is 0. The summed E-state index contributed by atoms with van der Waals surface area (Å²) in [5.74, 6) is 0.564. The minimum atomic E-state index is -0.361. The van der Waals surface area contributed by atoms with Crippen molar-refractivity contribution in [1.82, 2.24) is 20.2 Å². The Labute approximate surface area is 159 Å². The van der Waals surface area contributed by atoms with Crippen LogP contribution in [-0.4, -0.2) is 58.4 Å². The maximum absolute atomic E-state index is 12.8. The summed E-state index contributed by atoms with van der Waals surface area (Å²) in [5, 5.41) is 2.87. The number of aromatic nitrogens is 2. The van der Waals surface area contributed by atoms with Crippen LogP contribution in [0.3, 0.4) is 0 Å². The van der Waals surface area contributed by atoms with Crippen molar-refractivity contribution < 1.29 is 9.59 Å². The summed E-state index contributed by atoms with van der Waals surface area (Å²) in [5.41, 5.74) is 0.374. The van der Waals surface area contributed by atoms with Crippen molar-refractivity contribution in [2.45, 2.75) is 26.3 Å². The lowest BCUT2D eigenvalue weighted by Crippen LogP contribution is -2.49. The molecule has 3 rings (SSSR count). The van der Waals surface area contributed by atoms with Gasteiger partial charge in [0.15, 0.2) is 0 Å². The molecule has 0 spiro atoms. The average Bonchev–Trinajstić information content (AvgIpc) is 2.67. The topological polar surface area (TPSA) is 78.4 Å². The molecule has 1 aliphatic rings. The second kappa shape index (κ2) is 7.73. The highest BCUT2D eigenvalue weighted by Gasteiger charge is 2.24. The molecule has 0 bridgehead atoms. The monoisotopic (exact) mass is 367 g/mol. The number of nitrogens with one attached hydrogen (secondary N) is 1. The zero-order valence-electron chi connectivity index (χ0n) is 16.0. The minimum Gasteiger partial charge on any atom is -0.353 e. The molecule has 142 valence electrons. The highest BCUT2D eigenvalue weighted by Crippen LogP contribution is 2.15. The smallest absolute Gasteiger partial charge is 0.270 e. The Kier molecular flexibility index (Phi) is 5.39. The molecule has 0 unspecified atom stereocenters. The average molecular weight is 367 g/mol. The highest BCUT2D eigenvalue weighted by molar-refractivity contribution is 5.98. The lowest BCUT2D eigenvalue weighted by Gasteiger charge is -2.35. The van der Waals surface area contributed by atoms with Crippen LogP contribution < -0.4 is 10.2 Å². The van der Waals surface area contributed by atoms with Crippen LogP contribution in [0, 0.1) is 0 Å². The molecule has 1 N–H and O–H groups in total. The van der Waals surface area contributed by atoms with E-state index in [-0.39, 0.29) is 23.0 Å². The Balaban J connectivity index is 1.65. The van der Waals surface area contributed by atoms with Crippen molar-refractivity contribution in [1.29, 1.82) is 0 Å². The number of carbonyl (C=O) groups excluding carboxylic acids is 2. The number of amides is 2. The van der Waals surface area contributed by atoms with E-state index in [4.69, 9.17) is 0 Å². The summed E-state index contributed by atoms with van der Waals surface area (Å²) >= 11 is 0. The van der Waals surface area contributed by atoms with E-state index in [0.717, 1.165) is 18.9 Å². The summed E-state index contributed by atoms with van der Waals surface area (Å²) in [4.78, 5) is 37.6. The van der Waals surface area contributed by atoms with Gasteiger partial charge in [-0.05, 0) is 45.0 Å². The number of rotatable bonds is 3. The van der Waals surface area contributed by atoms with Crippen LogP contribution in [0.4, 0.5) is 5.82 Å². The largest absolute Gasteiger partial charge is 0.353 e. The zero-order valence-corrected chi connectivity index (χ0v) is 16.0. The first-order valence-electron chi connectivity index (χ1n) is 9.07. The lowest BCUT2D eigenvalue weighted by atomic mass is 10.1. The second-order valence-corrected chi connectivity index (χ2v) is 7.60. The highest BCUT2D eigenvalue weighted by atomic mass is 16.2. The minimum absolute atomic E-state index is 0.0807. The van der Waals surface area contributed by atoms with Crippen molar-refractivity contribution >= 4 is 17.6 Å². The van der Waals surface area contributed by atoms with Crippen LogP contribution in [0.1, 0.15) is 41.6 Å². The third-order valence-electron chi connectivity index (χ3n) is 4.27. The first-order chi connectivity index (χ1) is 12.8. The van der Waals surface area contributed by atoms with Gasteiger partial charge in [0.05, 0.1) is 0 Å². The van der Waals surface area contributed by atoms with Gasteiger partial charge in [-0.1, -0.05) is 6.07 Å². The molecule has 0 aliphatic carbocycles. The van der Waals surface area contributed by atoms with E-state index in [2.05, 4.69) is 20.2 Å². The number of piperazine rings is 1. The van der Waals surface area contributed by atoms with Crippen molar-refractivity contribution in [2.75, 3.05) is 31.1 Å². The van der Waals surface area contributed by atoms with Gasteiger partial charge >= 0.3 is 0 Å². The van der Waals surface area contributed by atoms with Crippen LogP contribution in [0.5, 0.6) is 0 Å². The van der Waals surface area contributed by atoms with E-state index in [1.807, 2.05) is 39.0 Å². The molecule has 0 saturated carbocycles. The van der Waals surface area contributed by atoms with Gasteiger partial charge in [0.1, 0.15) is 11.5 Å². The fourth-order valence-electron chi connectivity index (χ4n) is 2.95. The summed E-state index contributed by atoms with van der Waals surface area (Å²) in [6, 6.07) is 9.04. The number of nitrogens with zero attached hydrogens (tertiary/aromatic N) is 4. The van der Waals surface area contributed by atoms with Crippen molar-refractivity contribution in [3.05, 3.63) is 54.0 Å². The van der Waals surface area contributed by atoms with Crippen LogP contribution >= 0.6 is 0 Å². The number of carbonyl (C=O) groups is 2. The van der Waals surface area contributed by atoms with Crippen molar-refractivity contribution in [3.63, 3.8) is 0 Å². The first-order valence-corrected chi connectivity index (χ1v) is 9.07. The molecule has 2 aromatic heterocycles. The fourth-order valence-corrected chi connectivity index (χ4v) is 2.95. The first kappa shape index (κ1) is 18.8. The third kappa shape index (κ3) is 4.81. The molecule has 7 nitrogen and oxygen atoms in total. The van der Waals surface area contributed by atoms with E-state index in [0.29, 0.717) is 18.7 Å². The van der Waals surface area contributed by atoms with Crippen molar-refractivity contribution in [2.24, 2.45) is 0 Å². The van der Waals surface area contributed by atoms with Crippen LogP contribution in [0.2, 0.25) is 0 Å². The molecule has 3 heterocycles.